The van der Waals surface area contributed by atoms with Gasteiger partial charge in [-0.3, -0.25) is 10.4 Å². The third-order valence-electron chi connectivity index (χ3n) is 1.63. The van der Waals surface area contributed by atoms with Crippen LogP contribution in [0.4, 0.5) is 23.8 Å². The number of nitrogens with zero attached hydrogens (tertiary/aromatic N) is 1. The van der Waals surface area contributed by atoms with Gasteiger partial charge in [0.05, 0.1) is 6.20 Å². The summed E-state index contributed by atoms with van der Waals surface area (Å²) < 4.78 is 35.3. The van der Waals surface area contributed by atoms with Gasteiger partial charge in [-0.15, -0.1) is 0 Å². The molecule has 6 nitrogen and oxygen atoms in total. The van der Waals surface area contributed by atoms with E-state index in [9.17, 15) is 18.0 Å². The van der Waals surface area contributed by atoms with Crippen molar-refractivity contribution in [3.63, 3.8) is 0 Å². The summed E-state index contributed by atoms with van der Waals surface area (Å²) in [5.41, 5.74) is 5.80. The van der Waals surface area contributed by atoms with Crippen LogP contribution >= 0.6 is 0 Å². The Balaban J connectivity index is 2.46. The number of hydrogen-bond acceptors (Lipinski definition) is 3. The number of nitrogens with one attached hydrogen (secondary N) is 3. The van der Waals surface area contributed by atoms with E-state index in [-0.39, 0.29) is 12.4 Å². The highest BCUT2D eigenvalue weighted by Gasteiger charge is 2.27. The number of halogens is 3. The quantitative estimate of drug-likeness (QED) is 0.618. The average molecular weight is 237 g/mol. The van der Waals surface area contributed by atoms with Crippen LogP contribution < -0.4 is 16.4 Å². The molecule has 1 rings (SSSR count). The SMILES string of the molecule is NCc1cn[nH]c1NC(=O)NCC(F)(F)F. The van der Waals surface area contributed by atoms with Gasteiger partial charge in [-0.1, -0.05) is 0 Å². The molecule has 0 saturated carbocycles. The lowest BCUT2D eigenvalue weighted by Crippen LogP contribution is -2.36. The molecule has 1 aromatic heterocycles. The fourth-order valence-electron chi connectivity index (χ4n) is 0.912. The molecular weight excluding hydrogens is 227 g/mol. The van der Waals surface area contributed by atoms with Crippen molar-refractivity contribution < 1.29 is 18.0 Å². The molecule has 90 valence electrons. The van der Waals surface area contributed by atoms with Crippen molar-refractivity contribution in [2.75, 3.05) is 11.9 Å². The predicted molar refractivity (Wildman–Crippen MR) is 49.6 cm³/mol. The molecule has 0 bridgehead atoms. The van der Waals surface area contributed by atoms with Crippen LogP contribution in [0.15, 0.2) is 6.20 Å². The first kappa shape index (κ1) is 12.3. The van der Waals surface area contributed by atoms with Crippen molar-refractivity contribution in [1.82, 2.24) is 15.5 Å². The maximum Gasteiger partial charge on any atom is 0.405 e. The molecule has 1 aromatic rings. The van der Waals surface area contributed by atoms with Gasteiger partial charge in [-0.25, -0.2) is 4.79 Å². The standard InChI is InChI=1S/C7H10F3N5O/c8-7(9,10)3-12-6(16)14-5-4(1-11)2-13-15-5/h2H,1,3,11H2,(H3,12,13,14,15,16). The van der Waals surface area contributed by atoms with Crippen molar-refractivity contribution in [3.05, 3.63) is 11.8 Å². The summed E-state index contributed by atoms with van der Waals surface area (Å²) >= 11 is 0. The van der Waals surface area contributed by atoms with Crippen molar-refractivity contribution in [3.8, 4) is 0 Å². The molecular formula is C7H10F3N5O. The summed E-state index contributed by atoms with van der Waals surface area (Å²) in [5.74, 6) is 0.183. The second-order valence-electron chi connectivity index (χ2n) is 2.90. The Hall–Kier alpha value is -1.77. The first-order valence-electron chi connectivity index (χ1n) is 4.26. The summed E-state index contributed by atoms with van der Waals surface area (Å²) in [6.45, 7) is -1.28. The van der Waals surface area contributed by atoms with E-state index >= 15 is 0 Å². The third kappa shape index (κ3) is 3.77. The number of aromatic amines is 1. The lowest BCUT2D eigenvalue weighted by atomic mass is 10.3. The molecule has 0 aromatic carbocycles. The number of hydrogen-bond donors (Lipinski definition) is 4. The Morgan fingerprint density at radius 3 is 2.81 bits per heavy atom. The Kier molecular flexibility index (Phi) is 3.72. The first-order valence-corrected chi connectivity index (χ1v) is 4.26. The Morgan fingerprint density at radius 2 is 2.25 bits per heavy atom. The average Bonchev–Trinajstić information content (AvgIpc) is 2.61. The largest absolute Gasteiger partial charge is 0.405 e. The van der Waals surface area contributed by atoms with Gasteiger partial charge >= 0.3 is 12.2 Å². The van der Waals surface area contributed by atoms with Crippen molar-refractivity contribution in [1.29, 1.82) is 0 Å². The van der Waals surface area contributed by atoms with Gasteiger partial charge in [0.25, 0.3) is 0 Å². The van der Waals surface area contributed by atoms with Gasteiger partial charge < -0.3 is 11.1 Å². The van der Waals surface area contributed by atoms with Crippen LogP contribution in [0.5, 0.6) is 0 Å². The van der Waals surface area contributed by atoms with Crippen LogP contribution in [-0.4, -0.2) is 28.9 Å². The highest BCUT2D eigenvalue weighted by atomic mass is 19.4. The Morgan fingerprint density at radius 1 is 1.56 bits per heavy atom. The fourth-order valence-corrected chi connectivity index (χ4v) is 0.912. The van der Waals surface area contributed by atoms with Gasteiger partial charge in [0.15, 0.2) is 0 Å². The third-order valence-corrected chi connectivity index (χ3v) is 1.63. The lowest BCUT2D eigenvalue weighted by molar-refractivity contribution is -0.122. The van der Waals surface area contributed by atoms with E-state index in [0.29, 0.717) is 5.56 Å². The zero-order chi connectivity index (χ0) is 12.2. The predicted octanol–water partition coefficient (Wildman–Crippen LogP) is 0.552. The van der Waals surface area contributed by atoms with E-state index in [1.165, 1.54) is 6.20 Å². The van der Waals surface area contributed by atoms with E-state index in [2.05, 4.69) is 15.5 Å². The molecule has 9 heteroatoms. The number of aromatic nitrogens is 2. The monoisotopic (exact) mass is 237 g/mol. The number of carbonyl (C=O) groups excluding carboxylic acids is 1. The number of H-pyrrole nitrogens is 1. The maximum absolute atomic E-state index is 11.8. The number of alkyl halides is 3. The number of anilines is 1. The number of nitrogens with two attached hydrogens (primary N) is 1. The van der Waals surface area contributed by atoms with Crippen LogP contribution in [0.1, 0.15) is 5.56 Å². The van der Waals surface area contributed by atoms with Crippen LogP contribution in [0, 0.1) is 0 Å². The van der Waals surface area contributed by atoms with E-state index < -0.39 is 18.8 Å². The molecule has 0 aliphatic rings. The first-order chi connectivity index (χ1) is 7.42. The molecule has 0 spiro atoms. The second kappa shape index (κ2) is 4.84. The van der Waals surface area contributed by atoms with E-state index in [4.69, 9.17) is 5.73 Å². The highest BCUT2D eigenvalue weighted by molar-refractivity contribution is 5.88. The molecule has 0 saturated heterocycles. The second-order valence-corrected chi connectivity index (χ2v) is 2.90. The molecule has 2 amide bonds. The van der Waals surface area contributed by atoms with Crippen molar-refractivity contribution >= 4 is 11.8 Å². The minimum Gasteiger partial charge on any atom is -0.329 e. The van der Waals surface area contributed by atoms with Crippen LogP contribution in [-0.2, 0) is 6.54 Å². The Bertz CT molecular complexity index is 361. The number of amides is 2. The Labute approximate surface area is 88.4 Å². The molecule has 1 heterocycles. The van der Waals surface area contributed by atoms with Gasteiger partial charge in [-0.2, -0.15) is 18.3 Å². The van der Waals surface area contributed by atoms with Gasteiger partial charge in [0.1, 0.15) is 12.4 Å². The zero-order valence-electron chi connectivity index (χ0n) is 8.06. The minimum absolute atomic E-state index is 0.116. The van der Waals surface area contributed by atoms with Crippen LogP contribution in [0.3, 0.4) is 0 Å². The molecule has 0 fully saturated rings. The molecule has 5 N–H and O–H groups in total. The smallest absolute Gasteiger partial charge is 0.329 e. The molecule has 0 atom stereocenters. The normalized spacial score (nSPS) is 11.2. The number of carbonyl (C=O) groups is 1. The summed E-state index contributed by atoms with van der Waals surface area (Å²) in [6.07, 6.45) is -3.07. The van der Waals surface area contributed by atoms with E-state index in [1.54, 1.807) is 5.32 Å². The minimum atomic E-state index is -4.44. The molecule has 0 aliphatic carbocycles. The fraction of sp³-hybridized carbons (Fsp3) is 0.429. The van der Waals surface area contributed by atoms with Crippen LogP contribution in [0.2, 0.25) is 0 Å². The molecule has 0 unspecified atom stereocenters. The van der Waals surface area contributed by atoms with Gasteiger partial charge in [0.2, 0.25) is 0 Å². The molecule has 0 radical (unpaired) electrons. The molecule has 16 heavy (non-hydrogen) atoms. The molecule has 0 aliphatic heterocycles. The highest BCUT2D eigenvalue weighted by Crippen LogP contribution is 2.13. The zero-order valence-corrected chi connectivity index (χ0v) is 8.06. The summed E-state index contributed by atoms with van der Waals surface area (Å²) in [5, 5.41) is 9.80. The van der Waals surface area contributed by atoms with Gasteiger partial charge in [0, 0.05) is 12.1 Å². The maximum atomic E-state index is 11.8. The van der Waals surface area contributed by atoms with E-state index in [1.807, 2.05) is 0 Å². The van der Waals surface area contributed by atoms with E-state index in [0.717, 1.165) is 0 Å². The summed E-state index contributed by atoms with van der Waals surface area (Å²) in [4.78, 5) is 11.0. The number of rotatable bonds is 3. The van der Waals surface area contributed by atoms with Crippen molar-refractivity contribution in [2.24, 2.45) is 5.73 Å². The van der Waals surface area contributed by atoms with Gasteiger partial charge in [-0.05, 0) is 0 Å². The lowest BCUT2D eigenvalue weighted by Gasteiger charge is -2.09. The number of urea groups is 1. The summed E-state index contributed by atoms with van der Waals surface area (Å²) in [7, 11) is 0. The topological polar surface area (TPSA) is 95.8 Å². The van der Waals surface area contributed by atoms with Crippen LogP contribution in [0.25, 0.3) is 0 Å². The van der Waals surface area contributed by atoms with Crippen molar-refractivity contribution in [2.45, 2.75) is 12.7 Å². The summed E-state index contributed by atoms with van der Waals surface area (Å²) in [6, 6.07) is -0.976.